The summed E-state index contributed by atoms with van der Waals surface area (Å²) in [7, 11) is 0. The molecule has 2 atom stereocenters. The third-order valence-electron chi connectivity index (χ3n) is 4.92. The van der Waals surface area contributed by atoms with Gasteiger partial charge in [-0.25, -0.2) is 4.79 Å². The molecular formula is C20H18N2O4S. The minimum atomic E-state index is -1.02. The number of para-hydroxylation sites is 1. The number of benzene rings is 2. The lowest BCUT2D eigenvalue weighted by Crippen LogP contribution is -2.49. The second-order valence-electron chi connectivity index (χ2n) is 6.64. The molecule has 2 aliphatic rings. The summed E-state index contributed by atoms with van der Waals surface area (Å²) in [5, 5.41) is 11.8. The Bertz CT molecular complexity index is 930. The molecular weight excluding hydrogens is 364 g/mol. The monoisotopic (exact) mass is 382 g/mol. The Kier molecular flexibility index (Phi) is 4.61. The van der Waals surface area contributed by atoms with E-state index in [2.05, 4.69) is 5.32 Å². The van der Waals surface area contributed by atoms with Gasteiger partial charge in [-0.3, -0.25) is 9.59 Å². The predicted molar refractivity (Wildman–Crippen MR) is 101 cm³/mol. The van der Waals surface area contributed by atoms with Crippen LogP contribution in [-0.4, -0.2) is 39.1 Å². The number of rotatable bonds is 3. The summed E-state index contributed by atoms with van der Waals surface area (Å²) < 4.78 is 0. The number of aliphatic carboxylic acids is 1. The van der Waals surface area contributed by atoms with Gasteiger partial charge in [0.05, 0.1) is 10.9 Å². The van der Waals surface area contributed by atoms with Crippen LogP contribution in [0, 0.1) is 0 Å². The molecule has 0 spiro atoms. The van der Waals surface area contributed by atoms with Crippen LogP contribution < -0.4 is 5.32 Å². The van der Waals surface area contributed by atoms with Crippen LogP contribution in [-0.2, 0) is 27.3 Å². The van der Waals surface area contributed by atoms with Crippen molar-refractivity contribution in [3.63, 3.8) is 0 Å². The van der Waals surface area contributed by atoms with E-state index in [0.717, 1.165) is 21.7 Å². The summed E-state index contributed by atoms with van der Waals surface area (Å²) in [6.07, 6.45) is 0.251. The molecule has 2 aromatic carbocycles. The molecule has 138 valence electrons. The van der Waals surface area contributed by atoms with Crippen LogP contribution in [0.2, 0.25) is 0 Å². The lowest BCUT2D eigenvalue weighted by atomic mass is 9.93. The van der Waals surface area contributed by atoms with E-state index in [4.69, 9.17) is 0 Å². The molecule has 0 bridgehead atoms. The number of amides is 2. The van der Waals surface area contributed by atoms with Crippen molar-refractivity contribution < 1.29 is 19.5 Å². The highest BCUT2D eigenvalue weighted by molar-refractivity contribution is 8.01. The molecule has 0 radical (unpaired) electrons. The number of carboxylic acids is 1. The number of hydrogen-bond acceptors (Lipinski definition) is 4. The number of hydrogen-bond donors (Lipinski definition) is 2. The zero-order valence-electron chi connectivity index (χ0n) is 14.4. The molecule has 2 N–H and O–H groups in total. The smallest absolute Gasteiger partial charge is 0.326 e. The van der Waals surface area contributed by atoms with Crippen molar-refractivity contribution in [2.75, 3.05) is 5.32 Å². The maximum atomic E-state index is 12.9. The van der Waals surface area contributed by atoms with Crippen molar-refractivity contribution >= 4 is 35.2 Å². The van der Waals surface area contributed by atoms with Gasteiger partial charge in [0.1, 0.15) is 6.04 Å². The molecule has 0 aromatic heterocycles. The maximum absolute atomic E-state index is 12.9. The summed E-state index contributed by atoms with van der Waals surface area (Å²) >= 11 is 1.35. The Morgan fingerprint density at radius 3 is 2.59 bits per heavy atom. The second kappa shape index (κ2) is 7.08. The molecule has 2 heterocycles. The molecule has 0 saturated carbocycles. The topological polar surface area (TPSA) is 86.7 Å². The quantitative estimate of drug-likeness (QED) is 0.852. The van der Waals surface area contributed by atoms with Gasteiger partial charge >= 0.3 is 5.97 Å². The number of carbonyl (C=O) groups is 3. The number of anilines is 1. The zero-order valence-corrected chi connectivity index (χ0v) is 15.2. The van der Waals surface area contributed by atoms with Gasteiger partial charge in [-0.15, -0.1) is 11.8 Å². The van der Waals surface area contributed by atoms with Crippen LogP contribution in [0.3, 0.4) is 0 Å². The zero-order chi connectivity index (χ0) is 19.0. The molecule has 0 fully saturated rings. The van der Waals surface area contributed by atoms with Crippen molar-refractivity contribution in [2.45, 2.75) is 35.6 Å². The largest absolute Gasteiger partial charge is 0.480 e. The average molecular weight is 382 g/mol. The highest BCUT2D eigenvalue weighted by atomic mass is 32.2. The van der Waals surface area contributed by atoms with Gasteiger partial charge in [-0.2, -0.15) is 0 Å². The van der Waals surface area contributed by atoms with Gasteiger partial charge in [-0.1, -0.05) is 36.4 Å². The van der Waals surface area contributed by atoms with Crippen LogP contribution in [0.4, 0.5) is 5.69 Å². The Morgan fingerprint density at radius 1 is 1.11 bits per heavy atom. The first-order valence-electron chi connectivity index (χ1n) is 8.68. The van der Waals surface area contributed by atoms with Crippen LogP contribution in [0.15, 0.2) is 53.4 Å². The third-order valence-corrected chi connectivity index (χ3v) is 6.20. The van der Waals surface area contributed by atoms with E-state index in [1.165, 1.54) is 16.7 Å². The fraction of sp³-hybridized carbons (Fsp3) is 0.250. The number of nitrogens with zero attached hydrogens (tertiary/aromatic N) is 1. The van der Waals surface area contributed by atoms with E-state index < -0.39 is 17.3 Å². The van der Waals surface area contributed by atoms with E-state index in [1.807, 2.05) is 48.5 Å². The van der Waals surface area contributed by atoms with Gasteiger partial charge in [0.25, 0.3) is 0 Å². The minimum Gasteiger partial charge on any atom is -0.480 e. The molecule has 4 rings (SSSR count). The highest BCUT2D eigenvalue weighted by Crippen LogP contribution is 2.37. The summed E-state index contributed by atoms with van der Waals surface area (Å²) in [5.41, 5.74) is 2.65. The molecule has 2 amide bonds. The fourth-order valence-corrected chi connectivity index (χ4v) is 4.61. The van der Waals surface area contributed by atoms with E-state index in [1.54, 1.807) is 0 Å². The Balaban J connectivity index is 1.53. The fourth-order valence-electron chi connectivity index (χ4n) is 3.51. The minimum absolute atomic E-state index is 0.0310. The van der Waals surface area contributed by atoms with Crippen LogP contribution in [0.25, 0.3) is 0 Å². The Labute approximate surface area is 160 Å². The summed E-state index contributed by atoms with van der Waals surface area (Å²) in [6, 6.07) is 14.1. The van der Waals surface area contributed by atoms with Crippen molar-refractivity contribution in [3.05, 3.63) is 59.7 Å². The first-order valence-corrected chi connectivity index (χ1v) is 9.56. The normalized spacial score (nSPS) is 21.0. The predicted octanol–water partition coefficient (Wildman–Crippen LogP) is 2.53. The third kappa shape index (κ3) is 3.42. The van der Waals surface area contributed by atoms with Gasteiger partial charge in [-0.05, 0) is 23.3 Å². The molecule has 6 nitrogen and oxygen atoms in total. The standard InChI is InChI=1S/C20H18N2O4S/c23-18(10-17-19(24)21-14-7-3-4-8-16(14)27-17)22-11-13-6-2-1-5-12(13)9-15(22)20(25)26/h1-8,15,17H,9-11H2,(H,21,24)(H,25,26)/t15-,17+/m0/s1. The summed E-state index contributed by atoms with van der Waals surface area (Å²) in [6.45, 7) is 0.252. The SMILES string of the molecule is O=C1Nc2ccccc2S[C@@H]1CC(=O)N1Cc2ccccc2C[C@H]1C(=O)O. The van der Waals surface area contributed by atoms with Crippen LogP contribution >= 0.6 is 11.8 Å². The highest BCUT2D eigenvalue weighted by Gasteiger charge is 2.37. The molecule has 7 heteroatoms. The van der Waals surface area contributed by atoms with Crippen LogP contribution in [0.1, 0.15) is 17.5 Å². The van der Waals surface area contributed by atoms with Gasteiger partial charge in [0.2, 0.25) is 11.8 Å². The molecule has 0 aliphatic carbocycles. The van der Waals surface area contributed by atoms with Crippen molar-refractivity contribution in [3.8, 4) is 0 Å². The maximum Gasteiger partial charge on any atom is 0.326 e. The number of thioether (sulfide) groups is 1. The van der Waals surface area contributed by atoms with Gasteiger partial charge in [0.15, 0.2) is 0 Å². The summed E-state index contributed by atoms with van der Waals surface area (Å²) in [4.78, 5) is 39.3. The van der Waals surface area contributed by atoms with Crippen molar-refractivity contribution in [2.24, 2.45) is 0 Å². The first-order chi connectivity index (χ1) is 13.0. The van der Waals surface area contributed by atoms with E-state index in [9.17, 15) is 19.5 Å². The van der Waals surface area contributed by atoms with E-state index >= 15 is 0 Å². The number of fused-ring (bicyclic) bond motifs is 2. The molecule has 2 aliphatic heterocycles. The van der Waals surface area contributed by atoms with Crippen molar-refractivity contribution in [1.82, 2.24) is 4.90 Å². The number of carbonyl (C=O) groups excluding carboxylic acids is 2. The lowest BCUT2D eigenvalue weighted by Gasteiger charge is -2.35. The Morgan fingerprint density at radius 2 is 1.81 bits per heavy atom. The second-order valence-corrected chi connectivity index (χ2v) is 7.89. The Hall–Kier alpha value is -2.80. The number of carboxylic acid groups (broad SMARTS) is 1. The van der Waals surface area contributed by atoms with Crippen molar-refractivity contribution in [1.29, 1.82) is 0 Å². The van der Waals surface area contributed by atoms with E-state index in [-0.39, 0.29) is 31.2 Å². The van der Waals surface area contributed by atoms with Gasteiger partial charge in [0, 0.05) is 24.3 Å². The molecule has 27 heavy (non-hydrogen) atoms. The molecule has 0 unspecified atom stereocenters. The average Bonchev–Trinajstić information content (AvgIpc) is 2.67. The molecule has 2 aromatic rings. The lowest BCUT2D eigenvalue weighted by molar-refractivity contribution is -0.151. The van der Waals surface area contributed by atoms with E-state index in [0.29, 0.717) is 0 Å². The van der Waals surface area contributed by atoms with Gasteiger partial charge < -0.3 is 15.3 Å². The summed E-state index contributed by atoms with van der Waals surface area (Å²) in [5.74, 6) is -1.57. The molecule has 0 saturated heterocycles. The number of nitrogens with one attached hydrogen (secondary N) is 1. The first kappa shape index (κ1) is 17.6. The van der Waals surface area contributed by atoms with Crippen LogP contribution in [0.5, 0.6) is 0 Å².